The Morgan fingerprint density at radius 2 is 1.29 bits per heavy atom. The van der Waals surface area contributed by atoms with Gasteiger partial charge in [0, 0.05) is 11.1 Å². The Balaban J connectivity index is 2.64. The predicted octanol–water partition coefficient (Wildman–Crippen LogP) is 3.69. The first kappa shape index (κ1) is 11.5. The Kier molecular flexibility index (Phi) is 2.80. The van der Waals surface area contributed by atoms with Crippen molar-refractivity contribution >= 4 is 0 Å². The molecule has 17 heavy (non-hydrogen) atoms. The number of hydrogen-bond acceptors (Lipinski definition) is 2. The molecule has 2 aromatic rings. The first-order chi connectivity index (χ1) is 7.99. The van der Waals surface area contributed by atoms with E-state index in [1.807, 2.05) is 39.0 Å². The van der Waals surface area contributed by atoms with Gasteiger partial charge in [0.05, 0.1) is 0 Å². The normalized spacial score (nSPS) is 10.5. The molecule has 0 unspecified atom stereocenters. The summed E-state index contributed by atoms with van der Waals surface area (Å²) in [5.74, 6) is 0.399. The first-order valence-electron chi connectivity index (χ1n) is 5.59. The zero-order valence-corrected chi connectivity index (χ0v) is 10.3. The minimum Gasteiger partial charge on any atom is -0.507 e. The molecule has 2 N–H and O–H groups in total. The fourth-order valence-electron chi connectivity index (χ4n) is 1.89. The van der Waals surface area contributed by atoms with E-state index in [1.54, 1.807) is 12.1 Å². The van der Waals surface area contributed by atoms with Crippen LogP contribution < -0.4 is 0 Å². The quantitative estimate of drug-likeness (QED) is 0.781. The van der Waals surface area contributed by atoms with Gasteiger partial charge in [-0.05, 0) is 55.7 Å². The Bertz CT molecular complexity index is 571. The summed E-state index contributed by atoms with van der Waals surface area (Å²) in [6.07, 6.45) is 0. The summed E-state index contributed by atoms with van der Waals surface area (Å²) in [5, 5.41) is 19.9. The molecule has 0 aliphatic heterocycles. The third-order valence-corrected chi connectivity index (χ3v) is 3.06. The smallest absolute Gasteiger partial charge is 0.123 e. The number of aryl methyl sites for hydroxylation is 3. The van der Waals surface area contributed by atoms with Gasteiger partial charge in [-0.1, -0.05) is 12.1 Å². The highest BCUT2D eigenvalue weighted by atomic mass is 16.3. The van der Waals surface area contributed by atoms with Crippen LogP contribution in [0.4, 0.5) is 0 Å². The van der Waals surface area contributed by atoms with Crippen LogP contribution >= 0.6 is 0 Å². The minimum atomic E-state index is 0.198. The van der Waals surface area contributed by atoms with Gasteiger partial charge >= 0.3 is 0 Å². The molecule has 0 aliphatic carbocycles. The Morgan fingerprint density at radius 1 is 0.706 bits per heavy atom. The summed E-state index contributed by atoms with van der Waals surface area (Å²) in [6, 6.07) is 9.07. The van der Waals surface area contributed by atoms with Crippen molar-refractivity contribution in [2.75, 3.05) is 0 Å². The Labute approximate surface area is 101 Å². The number of hydrogen-bond donors (Lipinski definition) is 2. The largest absolute Gasteiger partial charge is 0.507 e. The van der Waals surface area contributed by atoms with Gasteiger partial charge in [-0.25, -0.2) is 0 Å². The standard InChI is InChI=1S/C15H16O2/c1-9-4-5-12(14(16)6-9)13-7-10(2)11(3)8-15(13)17/h4-8,16-17H,1-3H3. The van der Waals surface area contributed by atoms with Crippen LogP contribution in [0.15, 0.2) is 30.3 Å². The highest BCUT2D eigenvalue weighted by Gasteiger charge is 2.10. The van der Waals surface area contributed by atoms with E-state index in [4.69, 9.17) is 0 Å². The zero-order chi connectivity index (χ0) is 12.6. The molecule has 0 radical (unpaired) electrons. The first-order valence-corrected chi connectivity index (χ1v) is 5.59. The summed E-state index contributed by atoms with van der Waals surface area (Å²) in [4.78, 5) is 0. The van der Waals surface area contributed by atoms with Crippen LogP contribution in [0, 0.1) is 20.8 Å². The van der Waals surface area contributed by atoms with Crippen LogP contribution in [0.1, 0.15) is 16.7 Å². The van der Waals surface area contributed by atoms with Crippen LogP contribution in [0.5, 0.6) is 11.5 Å². The third-order valence-electron chi connectivity index (χ3n) is 3.06. The molecule has 2 heteroatoms. The molecular formula is C15H16O2. The second kappa shape index (κ2) is 4.13. The topological polar surface area (TPSA) is 40.5 Å². The van der Waals surface area contributed by atoms with Crippen molar-refractivity contribution in [2.24, 2.45) is 0 Å². The lowest BCUT2D eigenvalue weighted by molar-refractivity contribution is 0.468. The molecule has 0 saturated carbocycles. The molecule has 0 fully saturated rings. The average Bonchev–Trinajstić information content (AvgIpc) is 2.24. The van der Waals surface area contributed by atoms with Crippen molar-refractivity contribution in [3.63, 3.8) is 0 Å². The zero-order valence-electron chi connectivity index (χ0n) is 10.3. The average molecular weight is 228 g/mol. The van der Waals surface area contributed by atoms with E-state index in [1.165, 1.54) is 0 Å². The number of benzene rings is 2. The molecule has 0 atom stereocenters. The lowest BCUT2D eigenvalue weighted by Gasteiger charge is -2.10. The second-order valence-electron chi connectivity index (χ2n) is 4.47. The molecule has 0 saturated heterocycles. The van der Waals surface area contributed by atoms with Crippen molar-refractivity contribution in [3.8, 4) is 22.6 Å². The highest BCUT2D eigenvalue weighted by molar-refractivity contribution is 5.76. The molecule has 0 aromatic heterocycles. The molecule has 0 aliphatic rings. The number of aromatic hydroxyl groups is 2. The summed E-state index contributed by atoms with van der Waals surface area (Å²) in [7, 11) is 0. The van der Waals surface area contributed by atoms with E-state index in [0.29, 0.717) is 11.1 Å². The van der Waals surface area contributed by atoms with Gasteiger partial charge < -0.3 is 10.2 Å². The highest BCUT2D eigenvalue weighted by Crippen LogP contribution is 2.37. The van der Waals surface area contributed by atoms with Gasteiger partial charge in [0.15, 0.2) is 0 Å². The lowest BCUT2D eigenvalue weighted by Crippen LogP contribution is -1.86. The molecule has 2 aromatic carbocycles. The molecular weight excluding hydrogens is 212 g/mol. The van der Waals surface area contributed by atoms with Crippen molar-refractivity contribution in [1.29, 1.82) is 0 Å². The molecule has 0 bridgehead atoms. The van der Waals surface area contributed by atoms with Gasteiger partial charge in [-0.3, -0.25) is 0 Å². The molecule has 0 amide bonds. The van der Waals surface area contributed by atoms with Crippen LogP contribution in [-0.4, -0.2) is 10.2 Å². The van der Waals surface area contributed by atoms with Crippen molar-refractivity contribution < 1.29 is 10.2 Å². The SMILES string of the molecule is Cc1ccc(-c2cc(C)c(C)cc2O)c(O)c1. The fourth-order valence-corrected chi connectivity index (χ4v) is 1.89. The van der Waals surface area contributed by atoms with Gasteiger partial charge in [-0.2, -0.15) is 0 Å². The maximum atomic E-state index is 9.95. The van der Waals surface area contributed by atoms with E-state index >= 15 is 0 Å². The van der Waals surface area contributed by atoms with Crippen molar-refractivity contribution in [1.82, 2.24) is 0 Å². The predicted molar refractivity (Wildman–Crippen MR) is 69.4 cm³/mol. The Hall–Kier alpha value is -1.96. The molecule has 2 nitrogen and oxygen atoms in total. The van der Waals surface area contributed by atoms with Crippen LogP contribution in [0.25, 0.3) is 11.1 Å². The van der Waals surface area contributed by atoms with Gasteiger partial charge in [0.1, 0.15) is 11.5 Å². The van der Waals surface area contributed by atoms with E-state index in [-0.39, 0.29) is 11.5 Å². The molecule has 88 valence electrons. The maximum absolute atomic E-state index is 9.95. The minimum absolute atomic E-state index is 0.198. The van der Waals surface area contributed by atoms with E-state index in [9.17, 15) is 10.2 Å². The molecule has 0 spiro atoms. The van der Waals surface area contributed by atoms with E-state index in [0.717, 1.165) is 16.7 Å². The molecule has 2 rings (SSSR count). The fraction of sp³-hybridized carbons (Fsp3) is 0.200. The number of phenolic OH excluding ortho intramolecular Hbond substituents is 2. The van der Waals surface area contributed by atoms with Gasteiger partial charge in [-0.15, -0.1) is 0 Å². The Morgan fingerprint density at radius 3 is 1.94 bits per heavy atom. The van der Waals surface area contributed by atoms with Crippen molar-refractivity contribution in [3.05, 3.63) is 47.0 Å². The van der Waals surface area contributed by atoms with Crippen LogP contribution in [0.3, 0.4) is 0 Å². The summed E-state index contributed by atoms with van der Waals surface area (Å²) < 4.78 is 0. The summed E-state index contributed by atoms with van der Waals surface area (Å²) in [6.45, 7) is 5.86. The summed E-state index contributed by atoms with van der Waals surface area (Å²) >= 11 is 0. The van der Waals surface area contributed by atoms with Gasteiger partial charge in [0.25, 0.3) is 0 Å². The van der Waals surface area contributed by atoms with Gasteiger partial charge in [0.2, 0.25) is 0 Å². The van der Waals surface area contributed by atoms with Crippen molar-refractivity contribution in [2.45, 2.75) is 20.8 Å². The number of rotatable bonds is 1. The lowest BCUT2D eigenvalue weighted by atomic mass is 9.98. The van der Waals surface area contributed by atoms with Crippen LogP contribution in [0.2, 0.25) is 0 Å². The maximum Gasteiger partial charge on any atom is 0.123 e. The van der Waals surface area contributed by atoms with Crippen LogP contribution in [-0.2, 0) is 0 Å². The van der Waals surface area contributed by atoms with E-state index in [2.05, 4.69) is 0 Å². The van der Waals surface area contributed by atoms with E-state index < -0.39 is 0 Å². The third kappa shape index (κ3) is 2.11. The second-order valence-corrected chi connectivity index (χ2v) is 4.47. The number of phenols is 2. The molecule has 0 heterocycles. The monoisotopic (exact) mass is 228 g/mol. The summed E-state index contributed by atoms with van der Waals surface area (Å²) in [5.41, 5.74) is 4.46.